The summed E-state index contributed by atoms with van der Waals surface area (Å²) >= 11 is 0. The van der Waals surface area contributed by atoms with Crippen LogP contribution in [0.4, 0.5) is 11.8 Å². The number of hydrogen-bond acceptors (Lipinski definition) is 7. The Balaban J connectivity index is 0.000000997. The van der Waals surface area contributed by atoms with Crippen LogP contribution in [0.25, 0.3) is 0 Å². The SMILES string of the molecule is Cc1cnc(NCC2(N(C)C)CCCCC2)nc1N(C)C.O=CO.O=CO. The molecule has 0 radical (unpaired) electrons. The average molecular weight is 383 g/mol. The van der Waals surface area contributed by atoms with Crippen LogP contribution in [0, 0.1) is 6.92 Å². The first-order valence-electron chi connectivity index (χ1n) is 8.86. The van der Waals surface area contributed by atoms with E-state index in [1.54, 1.807) is 0 Å². The number of aryl methyl sites for hydroxylation is 1. The first-order chi connectivity index (χ1) is 12.8. The molecular formula is C18H33N5O4. The minimum Gasteiger partial charge on any atom is -0.483 e. The van der Waals surface area contributed by atoms with Crippen LogP contribution in [0.1, 0.15) is 37.7 Å². The Bertz CT molecular complexity index is 555. The second-order valence-electron chi connectivity index (χ2n) is 6.84. The van der Waals surface area contributed by atoms with Crippen molar-refractivity contribution in [3.8, 4) is 0 Å². The van der Waals surface area contributed by atoms with Crippen molar-refractivity contribution in [1.82, 2.24) is 14.9 Å². The zero-order valence-electron chi connectivity index (χ0n) is 17.0. The van der Waals surface area contributed by atoms with Gasteiger partial charge >= 0.3 is 0 Å². The molecule has 0 spiro atoms. The summed E-state index contributed by atoms with van der Waals surface area (Å²) in [4.78, 5) is 30.2. The van der Waals surface area contributed by atoms with E-state index >= 15 is 0 Å². The highest BCUT2D eigenvalue weighted by Crippen LogP contribution is 2.32. The summed E-state index contributed by atoms with van der Waals surface area (Å²) in [5, 5.41) is 17.2. The van der Waals surface area contributed by atoms with E-state index in [1.807, 2.05) is 32.1 Å². The van der Waals surface area contributed by atoms with E-state index in [2.05, 4.69) is 34.3 Å². The predicted molar refractivity (Wildman–Crippen MR) is 106 cm³/mol. The fourth-order valence-electron chi connectivity index (χ4n) is 3.21. The molecule has 154 valence electrons. The minimum atomic E-state index is -0.250. The van der Waals surface area contributed by atoms with Crippen molar-refractivity contribution in [3.05, 3.63) is 11.8 Å². The van der Waals surface area contributed by atoms with Gasteiger partial charge in [-0.15, -0.1) is 0 Å². The normalized spacial score (nSPS) is 14.7. The lowest BCUT2D eigenvalue weighted by atomic mass is 9.80. The molecule has 0 amide bonds. The van der Waals surface area contributed by atoms with Gasteiger partial charge in [-0.3, -0.25) is 9.59 Å². The largest absolute Gasteiger partial charge is 0.483 e. The molecule has 0 atom stereocenters. The minimum absolute atomic E-state index is 0.241. The summed E-state index contributed by atoms with van der Waals surface area (Å²) < 4.78 is 0. The third-order valence-corrected chi connectivity index (χ3v) is 4.68. The van der Waals surface area contributed by atoms with Gasteiger partial charge in [-0.25, -0.2) is 4.98 Å². The Hall–Kier alpha value is -2.42. The maximum atomic E-state index is 8.36. The topological polar surface area (TPSA) is 119 Å². The van der Waals surface area contributed by atoms with E-state index in [0.717, 1.165) is 23.9 Å². The smallest absolute Gasteiger partial charge is 0.290 e. The van der Waals surface area contributed by atoms with Crippen LogP contribution in [0.15, 0.2) is 6.20 Å². The monoisotopic (exact) mass is 383 g/mol. The quantitative estimate of drug-likeness (QED) is 0.655. The van der Waals surface area contributed by atoms with E-state index < -0.39 is 0 Å². The predicted octanol–water partition coefficient (Wildman–Crippen LogP) is 1.93. The second kappa shape index (κ2) is 12.9. The first-order valence-corrected chi connectivity index (χ1v) is 8.86. The van der Waals surface area contributed by atoms with Crippen LogP contribution >= 0.6 is 0 Å². The maximum Gasteiger partial charge on any atom is 0.290 e. The number of nitrogens with zero attached hydrogens (tertiary/aromatic N) is 4. The van der Waals surface area contributed by atoms with Crippen molar-refractivity contribution in [1.29, 1.82) is 0 Å². The third-order valence-electron chi connectivity index (χ3n) is 4.68. The van der Waals surface area contributed by atoms with E-state index in [-0.39, 0.29) is 18.5 Å². The maximum absolute atomic E-state index is 8.36. The van der Waals surface area contributed by atoms with Crippen LogP contribution in [-0.2, 0) is 9.59 Å². The molecule has 0 saturated heterocycles. The van der Waals surface area contributed by atoms with Crippen molar-refractivity contribution < 1.29 is 19.8 Å². The number of nitrogens with one attached hydrogen (secondary N) is 1. The van der Waals surface area contributed by atoms with Crippen molar-refractivity contribution >= 4 is 24.7 Å². The second-order valence-corrected chi connectivity index (χ2v) is 6.84. The number of rotatable bonds is 5. The summed E-state index contributed by atoms with van der Waals surface area (Å²) in [6.07, 6.45) is 8.39. The standard InChI is InChI=1S/C16H29N5.2CH2O2/c1-13-11-17-15(19-14(13)20(2)3)18-12-16(21(4)5)9-7-6-8-10-16;2*2-1-3/h11H,6-10,12H2,1-5H3,(H,17,18,19);2*1H,(H,2,3). The van der Waals surface area contributed by atoms with Gasteiger partial charge in [-0.05, 0) is 33.9 Å². The van der Waals surface area contributed by atoms with Crippen LogP contribution < -0.4 is 10.2 Å². The number of aromatic nitrogens is 2. The molecule has 3 N–H and O–H groups in total. The van der Waals surface area contributed by atoms with E-state index in [0.29, 0.717) is 0 Å². The van der Waals surface area contributed by atoms with E-state index in [4.69, 9.17) is 19.8 Å². The fourth-order valence-corrected chi connectivity index (χ4v) is 3.21. The average Bonchev–Trinajstić information content (AvgIpc) is 2.63. The molecule has 1 aromatic rings. The van der Waals surface area contributed by atoms with Crippen LogP contribution in [0.3, 0.4) is 0 Å². The third kappa shape index (κ3) is 8.21. The Kier molecular flexibility index (Phi) is 11.7. The zero-order valence-corrected chi connectivity index (χ0v) is 17.0. The van der Waals surface area contributed by atoms with E-state index in [9.17, 15) is 0 Å². The van der Waals surface area contributed by atoms with Gasteiger partial charge in [0, 0.05) is 37.9 Å². The van der Waals surface area contributed by atoms with Crippen molar-refractivity contribution in [3.63, 3.8) is 0 Å². The Morgan fingerprint density at radius 1 is 1.11 bits per heavy atom. The van der Waals surface area contributed by atoms with Crippen molar-refractivity contribution in [2.75, 3.05) is 45.0 Å². The van der Waals surface area contributed by atoms with Gasteiger partial charge in [-0.1, -0.05) is 19.3 Å². The number of likely N-dealkylation sites (N-methyl/N-ethyl adjacent to an activating group) is 1. The van der Waals surface area contributed by atoms with E-state index in [1.165, 1.54) is 32.1 Å². The molecule has 27 heavy (non-hydrogen) atoms. The summed E-state index contributed by atoms with van der Waals surface area (Å²) in [5.41, 5.74) is 1.34. The highest BCUT2D eigenvalue weighted by Gasteiger charge is 2.34. The molecule has 1 aromatic heterocycles. The first kappa shape index (κ1) is 24.6. The number of carbonyl (C=O) groups is 2. The molecular weight excluding hydrogens is 350 g/mol. The lowest BCUT2D eigenvalue weighted by molar-refractivity contribution is -0.123. The molecule has 1 fully saturated rings. The molecule has 2 rings (SSSR count). The van der Waals surface area contributed by atoms with Crippen LogP contribution in [-0.4, -0.2) is 78.3 Å². The molecule has 0 aliphatic heterocycles. The van der Waals surface area contributed by atoms with Gasteiger partial charge in [0.05, 0.1) is 0 Å². The molecule has 9 nitrogen and oxygen atoms in total. The van der Waals surface area contributed by atoms with Crippen LogP contribution in [0.5, 0.6) is 0 Å². The summed E-state index contributed by atoms with van der Waals surface area (Å²) in [6, 6.07) is 0. The summed E-state index contributed by atoms with van der Waals surface area (Å²) in [5.74, 6) is 1.71. The Labute approximate surface area is 161 Å². The molecule has 1 heterocycles. The van der Waals surface area contributed by atoms with Crippen molar-refractivity contribution in [2.45, 2.75) is 44.6 Å². The van der Waals surface area contributed by atoms with Gasteiger partial charge in [0.25, 0.3) is 12.9 Å². The van der Waals surface area contributed by atoms with Crippen molar-refractivity contribution in [2.24, 2.45) is 0 Å². The summed E-state index contributed by atoms with van der Waals surface area (Å²) in [7, 11) is 8.41. The lowest BCUT2D eigenvalue weighted by Gasteiger charge is -2.43. The highest BCUT2D eigenvalue weighted by molar-refractivity contribution is 5.47. The number of carboxylic acid groups (broad SMARTS) is 2. The van der Waals surface area contributed by atoms with Crippen LogP contribution in [0.2, 0.25) is 0 Å². The van der Waals surface area contributed by atoms with Gasteiger partial charge < -0.3 is 25.3 Å². The molecule has 0 unspecified atom stereocenters. The van der Waals surface area contributed by atoms with Gasteiger partial charge in [-0.2, -0.15) is 4.98 Å². The highest BCUT2D eigenvalue weighted by atomic mass is 16.3. The number of hydrogen-bond donors (Lipinski definition) is 3. The summed E-state index contributed by atoms with van der Waals surface area (Å²) in [6.45, 7) is 2.46. The number of anilines is 2. The molecule has 1 aliphatic rings. The lowest BCUT2D eigenvalue weighted by Crippen LogP contribution is -2.51. The zero-order chi connectivity index (χ0) is 20.9. The van der Waals surface area contributed by atoms with Gasteiger partial charge in [0.2, 0.25) is 5.95 Å². The Morgan fingerprint density at radius 2 is 1.63 bits per heavy atom. The van der Waals surface area contributed by atoms with Gasteiger partial charge in [0.1, 0.15) is 5.82 Å². The molecule has 0 bridgehead atoms. The molecule has 1 saturated carbocycles. The fraction of sp³-hybridized carbons (Fsp3) is 0.667. The Morgan fingerprint density at radius 3 is 2.07 bits per heavy atom. The molecule has 9 heteroatoms. The molecule has 1 aliphatic carbocycles. The van der Waals surface area contributed by atoms with Gasteiger partial charge in [0.15, 0.2) is 0 Å². The molecule has 0 aromatic carbocycles.